The van der Waals surface area contributed by atoms with Gasteiger partial charge in [-0.15, -0.1) is 23.2 Å². The van der Waals surface area contributed by atoms with E-state index in [0.29, 0.717) is 6.54 Å². The smallest absolute Gasteiger partial charge is 0.247 e. The molecule has 1 amide bonds. The first-order valence-corrected chi connectivity index (χ1v) is 7.21. The van der Waals surface area contributed by atoms with Gasteiger partial charge in [0, 0.05) is 24.2 Å². The Morgan fingerprint density at radius 2 is 1.89 bits per heavy atom. The molecule has 0 heterocycles. The molecule has 0 aliphatic rings. The summed E-state index contributed by atoms with van der Waals surface area (Å²) in [5.41, 5.74) is 0.825. The zero-order chi connectivity index (χ0) is 14.1. The van der Waals surface area contributed by atoms with Gasteiger partial charge < -0.3 is 10.6 Å². The number of nitrogens with one attached hydrogen (secondary N) is 2. The van der Waals surface area contributed by atoms with Crippen LogP contribution in [0.3, 0.4) is 0 Å². The number of amides is 1. The molecule has 0 radical (unpaired) electrons. The standard InChI is InChI=1S/C13H24Cl2N2O/c1-5-11(13(18)17-9(2)3)7-6-10(4)16-8-12(14)15/h5,9-10,12,16H,6-8H2,1-4H3,(H,17,18)/b11-5+. The van der Waals surface area contributed by atoms with Crippen LogP contribution in [0, 0.1) is 0 Å². The molecule has 0 spiro atoms. The Labute approximate surface area is 120 Å². The lowest BCUT2D eigenvalue weighted by Gasteiger charge is -2.16. The summed E-state index contributed by atoms with van der Waals surface area (Å²) in [6.07, 6.45) is 3.50. The van der Waals surface area contributed by atoms with Crippen LogP contribution in [-0.4, -0.2) is 29.4 Å². The maximum Gasteiger partial charge on any atom is 0.247 e. The molecule has 0 aromatic rings. The van der Waals surface area contributed by atoms with E-state index in [0.717, 1.165) is 18.4 Å². The van der Waals surface area contributed by atoms with E-state index in [1.165, 1.54) is 0 Å². The van der Waals surface area contributed by atoms with Gasteiger partial charge in [-0.2, -0.15) is 0 Å². The van der Waals surface area contributed by atoms with Crippen LogP contribution in [0.5, 0.6) is 0 Å². The molecule has 1 atom stereocenters. The molecule has 18 heavy (non-hydrogen) atoms. The van der Waals surface area contributed by atoms with Crippen LogP contribution >= 0.6 is 23.2 Å². The van der Waals surface area contributed by atoms with E-state index >= 15 is 0 Å². The maximum absolute atomic E-state index is 11.8. The van der Waals surface area contributed by atoms with E-state index in [2.05, 4.69) is 17.6 Å². The van der Waals surface area contributed by atoms with Gasteiger partial charge in [-0.1, -0.05) is 6.08 Å². The van der Waals surface area contributed by atoms with Crippen molar-refractivity contribution in [3.63, 3.8) is 0 Å². The van der Waals surface area contributed by atoms with Crippen molar-refractivity contribution in [2.45, 2.75) is 57.5 Å². The van der Waals surface area contributed by atoms with Crippen LogP contribution in [0.2, 0.25) is 0 Å². The molecule has 0 rings (SSSR count). The Balaban J connectivity index is 4.04. The molecule has 3 nitrogen and oxygen atoms in total. The van der Waals surface area contributed by atoms with E-state index in [4.69, 9.17) is 23.2 Å². The summed E-state index contributed by atoms with van der Waals surface area (Å²) in [5.74, 6) is 0.0206. The van der Waals surface area contributed by atoms with Gasteiger partial charge in [-0.05, 0) is 40.5 Å². The molecule has 0 aromatic carbocycles. The van der Waals surface area contributed by atoms with Crippen LogP contribution in [0.1, 0.15) is 40.5 Å². The lowest BCUT2D eigenvalue weighted by molar-refractivity contribution is -0.118. The third-order valence-corrected chi connectivity index (χ3v) is 2.84. The van der Waals surface area contributed by atoms with Gasteiger partial charge in [0.2, 0.25) is 5.91 Å². The topological polar surface area (TPSA) is 41.1 Å². The summed E-state index contributed by atoms with van der Waals surface area (Å²) >= 11 is 11.3. The van der Waals surface area contributed by atoms with Crippen molar-refractivity contribution >= 4 is 29.1 Å². The minimum absolute atomic E-state index is 0.0206. The SMILES string of the molecule is C/C=C(\CCC(C)NCC(Cl)Cl)C(=O)NC(C)C. The van der Waals surface area contributed by atoms with Crippen LogP contribution in [0.4, 0.5) is 0 Å². The second-order valence-electron chi connectivity index (χ2n) is 4.68. The Hall–Kier alpha value is -0.250. The number of rotatable bonds is 8. The average molecular weight is 295 g/mol. The lowest BCUT2D eigenvalue weighted by atomic mass is 10.1. The predicted octanol–water partition coefficient (Wildman–Crippen LogP) is 3.02. The molecule has 5 heteroatoms. The first kappa shape index (κ1) is 17.8. The normalized spacial score (nSPS) is 14.1. The molecule has 106 valence electrons. The summed E-state index contributed by atoms with van der Waals surface area (Å²) in [5, 5.41) is 6.12. The van der Waals surface area contributed by atoms with Crippen LogP contribution in [0.15, 0.2) is 11.6 Å². The summed E-state index contributed by atoms with van der Waals surface area (Å²) in [4.78, 5) is 11.4. The summed E-state index contributed by atoms with van der Waals surface area (Å²) in [6.45, 7) is 8.42. The number of hydrogen-bond donors (Lipinski definition) is 2. The van der Waals surface area contributed by atoms with Crippen molar-refractivity contribution in [1.82, 2.24) is 10.6 Å². The van der Waals surface area contributed by atoms with E-state index < -0.39 is 4.84 Å². The molecule has 0 saturated heterocycles. The second kappa shape index (κ2) is 9.65. The van der Waals surface area contributed by atoms with Crippen molar-refractivity contribution in [1.29, 1.82) is 0 Å². The minimum Gasteiger partial charge on any atom is -0.350 e. The minimum atomic E-state index is -0.391. The number of carbonyl (C=O) groups is 1. The molecular weight excluding hydrogens is 271 g/mol. The zero-order valence-corrected chi connectivity index (χ0v) is 13.1. The van der Waals surface area contributed by atoms with Crippen molar-refractivity contribution in [2.75, 3.05) is 6.54 Å². The Kier molecular flexibility index (Phi) is 9.52. The Morgan fingerprint density at radius 3 is 2.33 bits per heavy atom. The molecule has 0 saturated carbocycles. The molecule has 0 aliphatic carbocycles. The largest absolute Gasteiger partial charge is 0.350 e. The Morgan fingerprint density at radius 1 is 1.28 bits per heavy atom. The highest BCUT2D eigenvalue weighted by molar-refractivity contribution is 6.44. The first-order valence-electron chi connectivity index (χ1n) is 6.34. The van der Waals surface area contributed by atoms with E-state index in [1.54, 1.807) is 0 Å². The quantitative estimate of drug-likeness (QED) is 0.534. The predicted molar refractivity (Wildman–Crippen MR) is 79.2 cm³/mol. The summed E-state index contributed by atoms with van der Waals surface area (Å²) in [7, 11) is 0. The van der Waals surface area contributed by atoms with Gasteiger partial charge >= 0.3 is 0 Å². The van der Waals surface area contributed by atoms with E-state index in [1.807, 2.05) is 26.8 Å². The number of carbonyl (C=O) groups excluding carboxylic acids is 1. The fraction of sp³-hybridized carbons (Fsp3) is 0.769. The summed E-state index contributed by atoms with van der Waals surface area (Å²) in [6, 6.07) is 0.447. The third-order valence-electron chi connectivity index (χ3n) is 2.53. The highest BCUT2D eigenvalue weighted by Crippen LogP contribution is 2.09. The van der Waals surface area contributed by atoms with Gasteiger partial charge in [0.05, 0.1) is 0 Å². The molecule has 0 aliphatic heterocycles. The maximum atomic E-state index is 11.8. The van der Waals surface area contributed by atoms with Crippen LogP contribution in [-0.2, 0) is 4.79 Å². The van der Waals surface area contributed by atoms with Gasteiger partial charge in [0.15, 0.2) is 0 Å². The van der Waals surface area contributed by atoms with Crippen molar-refractivity contribution in [3.05, 3.63) is 11.6 Å². The monoisotopic (exact) mass is 294 g/mol. The van der Waals surface area contributed by atoms with E-state index in [-0.39, 0.29) is 18.0 Å². The molecule has 0 bridgehead atoms. The number of alkyl halides is 2. The molecule has 1 unspecified atom stereocenters. The third kappa shape index (κ3) is 8.78. The van der Waals surface area contributed by atoms with Gasteiger partial charge in [0.25, 0.3) is 0 Å². The van der Waals surface area contributed by atoms with Crippen LogP contribution in [0.25, 0.3) is 0 Å². The molecule has 0 fully saturated rings. The van der Waals surface area contributed by atoms with E-state index in [9.17, 15) is 4.79 Å². The van der Waals surface area contributed by atoms with Crippen molar-refractivity contribution in [3.8, 4) is 0 Å². The number of allylic oxidation sites excluding steroid dienone is 1. The lowest BCUT2D eigenvalue weighted by Crippen LogP contribution is -2.33. The fourth-order valence-corrected chi connectivity index (χ4v) is 1.69. The number of hydrogen-bond acceptors (Lipinski definition) is 2. The van der Waals surface area contributed by atoms with Gasteiger partial charge in [-0.25, -0.2) is 0 Å². The van der Waals surface area contributed by atoms with Gasteiger partial charge in [-0.3, -0.25) is 4.79 Å². The fourth-order valence-electron chi connectivity index (χ4n) is 1.51. The van der Waals surface area contributed by atoms with Crippen molar-refractivity contribution < 1.29 is 4.79 Å². The van der Waals surface area contributed by atoms with Crippen LogP contribution < -0.4 is 10.6 Å². The Bertz CT molecular complexity index is 278. The highest BCUT2D eigenvalue weighted by atomic mass is 35.5. The first-order chi connectivity index (χ1) is 8.36. The molecule has 2 N–H and O–H groups in total. The van der Waals surface area contributed by atoms with Gasteiger partial charge in [0.1, 0.15) is 4.84 Å². The number of halogens is 2. The molecular formula is C13H24Cl2N2O. The average Bonchev–Trinajstić information content (AvgIpc) is 2.26. The summed E-state index contributed by atoms with van der Waals surface area (Å²) < 4.78 is 0. The molecule has 0 aromatic heterocycles. The highest BCUT2D eigenvalue weighted by Gasteiger charge is 2.11. The van der Waals surface area contributed by atoms with Crippen molar-refractivity contribution in [2.24, 2.45) is 0 Å². The zero-order valence-electron chi connectivity index (χ0n) is 11.6. The second-order valence-corrected chi connectivity index (χ2v) is 5.96.